The predicted molar refractivity (Wildman–Crippen MR) is 120 cm³/mol. The Bertz CT molecular complexity index is 739. The molecule has 1 aromatic rings. The van der Waals surface area contributed by atoms with Crippen molar-refractivity contribution in [3.63, 3.8) is 0 Å². The molecule has 0 bridgehead atoms. The Hall–Kier alpha value is -1.64. The zero-order valence-electron chi connectivity index (χ0n) is 18.3. The first-order chi connectivity index (χ1) is 13.8. The maximum absolute atomic E-state index is 12.1. The smallest absolute Gasteiger partial charge is 0.242 e. The Morgan fingerprint density at radius 2 is 1.83 bits per heavy atom. The first-order valence-corrected chi connectivity index (χ1v) is 12.0. The standard InChI is InChI=1S/C21H37N5O2S/c1-5-22-21(23-13-6-14-26-15-11-18(2)12-16-26)24-17-19-7-9-20(10-8-19)29(27,28)25(3)4/h7-10,18H,5-6,11-17H2,1-4H3,(H2,22,23,24). The number of aliphatic imine (C=N–C) groups is 1. The van der Waals surface area contributed by atoms with Crippen LogP contribution < -0.4 is 10.6 Å². The minimum Gasteiger partial charge on any atom is -0.357 e. The molecular weight excluding hydrogens is 386 g/mol. The van der Waals surface area contributed by atoms with Crippen LogP contribution in [-0.2, 0) is 16.6 Å². The number of likely N-dealkylation sites (tertiary alicyclic amines) is 1. The molecule has 1 fully saturated rings. The van der Waals surface area contributed by atoms with Gasteiger partial charge in [0.1, 0.15) is 0 Å². The van der Waals surface area contributed by atoms with Crippen LogP contribution in [-0.4, -0.2) is 70.4 Å². The molecule has 164 valence electrons. The highest BCUT2D eigenvalue weighted by Crippen LogP contribution is 2.16. The van der Waals surface area contributed by atoms with Crippen LogP contribution in [0.2, 0.25) is 0 Å². The van der Waals surface area contributed by atoms with E-state index >= 15 is 0 Å². The summed E-state index contributed by atoms with van der Waals surface area (Å²) in [4.78, 5) is 7.48. The van der Waals surface area contributed by atoms with Crippen molar-refractivity contribution < 1.29 is 8.42 Å². The Labute approximate surface area is 176 Å². The summed E-state index contributed by atoms with van der Waals surface area (Å²) < 4.78 is 25.5. The lowest BCUT2D eigenvalue weighted by molar-refractivity contribution is 0.191. The zero-order chi connectivity index (χ0) is 21.3. The minimum absolute atomic E-state index is 0.298. The molecule has 1 aliphatic heterocycles. The van der Waals surface area contributed by atoms with E-state index < -0.39 is 10.0 Å². The van der Waals surface area contributed by atoms with Crippen LogP contribution in [0.1, 0.15) is 38.7 Å². The summed E-state index contributed by atoms with van der Waals surface area (Å²) in [7, 11) is -0.321. The van der Waals surface area contributed by atoms with E-state index in [1.54, 1.807) is 12.1 Å². The third-order valence-corrected chi connectivity index (χ3v) is 7.12. The fraction of sp³-hybridized carbons (Fsp3) is 0.667. The third kappa shape index (κ3) is 7.60. The van der Waals surface area contributed by atoms with Gasteiger partial charge < -0.3 is 15.5 Å². The first-order valence-electron chi connectivity index (χ1n) is 10.6. The van der Waals surface area contributed by atoms with Gasteiger partial charge in [0.2, 0.25) is 10.0 Å². The van der Waals surface area contributed by atoms with Crippen molar-refractivity contribution in [2.24, 2.45) is 10.9 Å². The number of rotatable bonds is 9. The van der Waals surface area contributed by atoms with Crippen LogP contribution in [0, 0.1) is 5.92 Å². The van der Waals surface area contributed by atoms with Gasteiger partial charge in [-0.1, -0.05) is 19.1 Å². The Balaban J connectivity index is 1.82. The van der Waals surface area contributed by atoms with E-state index in [9.17, 15) is 8.42 Å². The molecule has 7 nitrogen and oxygen atoms in total. The predicted octanol–water partition coefficient (Wildman–Crippen LogP) is 2.11. The number of guanidine groups is 1. The number of nitrogens with one attached hydrogen (secondary N) is 2. The summed E-state index contributed by atoms with van der Waals surface area (Å²) >= 11 is 0. The van der Waals surface area contributed by atoms with Gasteiger partial charge in [0.25, 0.3) is 0 Å². The average molecular weight is 424 g/mol. The Kier molecular flexibility index (Phi) is 9.39. The highest BCUT2D eigenvalue weighted by molar-refractivity contribution is 7.89. The second-order valence-corrected chi connectivity index (χ2v) is 10.1. The van der Waals surface area contributed by atoms with Gasteiger partial charge in [-0.3, -0.25) is 0 Å². The van der Waals surface area contributed by atoms with E-state index in [1.165, 1.54) is 44.3 Å². The molecule has 1 saturated heterocycles. The molecule has 0 amide bonds. The summed E-state index contributed by atoms with van der Waals surface area (Å²) in [5.74, 6) is 1.67. The molecule has 8 heteroatoms. The van der Waals surface area contributed by atoms with Crippen molar-refractivity contribution in [1.29, 1.82) is 0 Å². The number of hydrogen-bond donors (Lipinski definition) is 2. The van der Waals surface area contributed by atoms with E-state index in [2.05, 4.69) is 27.4 Å². The van der Waals surface area contributed by atoms with E-state index in [0.29, 0.717) is 11.4 Å². The number of nitrogens with zero attached hydrogens (tertiary/aromatic N) is 3. The molecule has 29 heavy (non-hydrogen) atoms. The van der Waals surface area contributed by atoms with Gasteiger partial charge in [-0.15, -0.1) is 0 Å². The SMILES string of the molecule is CCNC(=NCc1ccc(S(=O)(=O)N(C)C)cc1)NCCCN1CCC(C)CC1. The van der Waals surface area contributed by atoms with Crippen molar-refractivity contribution in [3.8, 4) is 0 Å². The topological polar surface area (TPSA) is 77.0 Å². The van der Waals surface area contributed by atoms with Crippen molar-refractivity contribution in [3.05, 3.63) is 29.8 Å². The second kappa shape index (κ2) is 11.5. The van der Waals surface area contributed by atoms with Crippen molar-refractivity contribution in [1.82, 2.24) is 19.8 Å². The molecule has 0 unspecified atom stereocenters. The monoisotopic (exact) mass is 423 g/mol. The Morgan fingerprint density at radius 1 is 1.17 bits per heavy atom. The Morgan fingerprint density at radius 3 is 2.41 bits per heavy atom. The quantitative estimate of drug-likeness (QED) is 0.361. The highest BCUT2D eigenvalue weighted by atomic mass is 32.2. The van der Waals surface area contributed by atoms with Gasteiger partial charge >= 0.3 is 0 Å². The zero-order valence-corrected chi connectivity index (χ0v) is 19.1. The normalized spacial score (nSPS) is 16.9. The van der Waals surface area contributed by atoms with Crippen LogP contribution in [0.3, 0.4) is 0 Å². The van der Waals surface area contributed by atoms with Gasteiger partial charge in [0.05, 0.1) is 11.4 Å². The number of sulfonamides is 1. The van der Waals surface area contributed by atoms with Crippen LogP contribution in [0.5, 0.6) is 0 Å². The van der Waals surface area contributed by atoms with Crippen LogP contribution >= 0.6 is 0 Å². The van der Waals surface area contributed by atoms with Crippen molar-refractivity contribution in [2.75, 3.05) is 46.8 Å². The number of piperidine rings is 1. The average Bonchev–Trinajstić information content (AvgIpc) is 2.70. The lowest BCUT2D eigenvalue weighted by Crippen LogP contribution is -2.39. The molecule has 0 aromatic heterocycles. The van der Waals surface area contributed by atoms with Crippen LogP contribution in [0.25, 0.3) is 0 Å². The fourth-order valence-electron chi connectivity index (χ4n) is 3.28. The molecule has 0 radical (unpaired) electrons. The molecule has 2 N–H and O–H groups in total. The third-order valence-electron chi connectivity index (χ3n) is 5.29. The molecular formula is C21H37N5O2S. The molecule has 1 aliphatic rings. The maximum atomic E-state index is 12.1. The van der Waals surface area contributed by atoms with E-state index in [-0.39, 0.29) is 0 Å². The maximum Gasteiger partial charge on any atom is 0.242 e. The highest BCUT2D eigenvalue weighted by Gasteiger charge is 2.16. The van der Waals surface area contributed by atoms with Crippen molar-refractivity contribution in [2.45, 2.75) is 44.6 Å². The van der Waals surface area contributed by atoms with Crippen molar-refractivity contribution >= 4 is 16.0 Å². The lowest BCUT2D eigenvalue weighted by Gasteiger charge is -2.30. The molecule has 2 rings (SSSR count). The molecule has 1 heterocycles. The van der Waals surface area contributed by atoms with Gasteiger partial charge in [-0.2, -0.15) is 0 Å². The van der Waals surface area contributed by atoms with Gasteiger partial charge in [0, 0.05) is 27.2 Å². The fourth-order valence-corrected chi connectivity index (χ4v) is 4.19. The second-order valence-electron chi connectivity index (χ2n) is 7.93. The van der Waals surface area contributed by atoms with E-state index in [1.807, 2.05) is 19.1 Å². The molecule has 0 saturated carbocycles. The number of hydrogen-bond acceptors (Lipinski definition) is 4. The summed E-state index contributed by atoms with van der Waals surface area (Å²) in [6.45, 7) is 10.1. The lowest BCUT2D eigenvalue weighted by atomic mass is 9.99. The largest absolute Gasteiger partial charge is 0.357 e. The molecule has 0 atom stereocenters. The summed E-state index contributed by atoms with van der Waals surface area (Å²) in [5, 5.41) is 6.67. The van der Waals surface area contributed by atoms with Gasteiger partial charge in [-0.25, -0.2) is 17.7 Å². The van der Waals surface area contributed by atoms with Gasteiger partial charge in [0.15, 0.2) is 5.96 Å². The van der Waals surface area contributed by atoms with Gasteiger partial charge in [-0.05, 0) is 69.4 Å². The van der Waals surface area contributed by atoms with Crippen LogP contribution in [0.15, 0.2) is 34.2 Å². The van der Waals surface area contributed by atoms with E-state index in [4.69, 9.17) is 0 Å². The minimum atomic E-state index is -3.39. The number of benzene rings is 1. The molecule has 0 spiro atoms. The summed E-state index contributed by atoms with van der Waals surface area (Å²) in [5.41, 5.74) is 0.974. The summed E-state index contributed by atoms with van der Waals surface area (Å²) in [6, 6.07) is 6.92. The molecule has 0 aliphatic carbocycles. The van der Waals surface area contributed by atoms with E-state index in [0.717, 1.165) is 43.5 Å². The molecule has 1 aromatic carbocycles. The summed E-state index contributed by atoms with van der Waals surface area (Å²) in [6.07, 6.45) is 3.72. The first kappa shape index (κ1) is 23.6. The van der Waals surface area contributed by atoms with Crippen LogP contribution in [0.4, 0.5) is 0 Å².